The minimum atomic E-state index is -0.452. The summed E-state index contributed by atoms with van der Waals surface area (Å²) in [5.41, 5.74) is 1.67. The lowest BCUT2D eigenvalue weighted by Crippen LogP contribution is -2.48. The molecule has 1 aromatic carbocycles. The van der Waals surface area contributed by atoms with Crippen LogP contribution in [0.5, 0.6) is 5.75 Å². The number of ether oxygens (including phenoxy) is 2. The molecule has 0 aliphatic carbocycles. The second-order valence-corrected chi connectivity index (χ2v) is 5.93. The molecule has 0 N–H and O–H groups in total. The van der Waals surface area contributed by atoms with Gasteiger partial charge in [0.2, 0.25) is 0 Å². The van der Waals surface area contributed by atoms with Crippen LogP contribution in [0.4, 0.5) is 0 Å². The van der Waals surface area contributed by atoms with Crippen molar-refractivity contribution >= 4 is 6.29 Å². The van der Waals surface area contributed by atoms with Crippen LogP contribution in [-0.4, -0.2) is 26.6 Å². The molecule has 1 aliphatic rings. The van der Waals surface area contributed by atoms with Gasteiger partial charge in [-0.2, -0.15) is 0 Å². The number of methoxy groups -OCH3 is 1. The third-order valence-corrected chi connectivity index (χ3v) is 3.53. The lowest BCUT2D eigenvalue weighted by molar-refractivity contribution is -0.129. The molecule has 0 spiro atoms. The maximum Gasteiger partial charge on any atom is 0.135 e. The van der Waals surface area contributed by atoms with Crippen LogP contribution in [0.25, 0.3) is 0 Å². The summed E-state index contributed by atoms with van der Waals surface area (Å²) >= 11 is 0. The van der Waals surface area contributed by atoms with Gasteiger partial charge >= 0.3 is 0 Å². The van der Waals surface area contributed by atoms with Gasteiger partial charge in [-0.25, -0.2) is 0 Å². The minimum Gasteiger partial charge on any atom is -0.496 e. The highest BCUT2D eigenvalue weighted by Crippen LogP contribution is 2.37. The van der Waals surface area contributed by atoms with Crippen molar-refractivity contribution in [2.45, 2.75) is 31.6 Å². The Kier molecular flexibility index (Phi) is 3.20. The standard InChI is InChI=1S/C15H20O3/c1-14(2,3)12-7-11(5-6-13(12)17-4)15(8-16)9-18-10-15/h5-8H,9-10H2,1-4H3. The molecule has 0 amide bonds. The summed E-state index contributed by atoms with van der Waals surface area (Å²) in [7, 11) is 1.67. The van der Waals surface area contributed by atoms with Crippen LogP contribution in [0.15, 0.2) is 18.2 Å². The first-order chi connectivity index (χ1) is 8.43. The Morgan fingerprint density at radius 3 is 2.39 bits per heavy atom. The lowest BCUT2D eigenvalue weighted by Gasteiger charge is -2.37. The summed E-state index contributed by atoms with van der Waals surface area (Å²) in [6, 6.07) is 5.99. The first-order valence-electron chi connectivity index (χ1n) is 6.16. The van der Waals surface area contributed by atoms with Gasteiger partial charge < -0.3 is 14.3 Å². The second-order valence-electron chi connectivity index (χ2n) is 5.93. The molecule has 18 heavy (non-hydrogen) atoms. The molecule has 1 fully saturated rings. The lowest BCUT2D eigenvalue weighted by atomic mass is 9.76. The number of rotatable bonds is 3. The molecule has 0 aromatic heterocycles. The van der Waals surface area contributed by atoms with Crippen LogP contribution in [0.1, 0.15) is 31.9 Å². The number of carbonyl (C=O) groups excluding carboxylic acids is 1. The monoisotopic (exact) mass is 248 g/mol. The van der Waals surface area contributed by atoms with Crippen molar-refractivity contribution in [3.8, 4) is 5.75 Å². The number of aldehydes is 1. The number of benzene rings is 1. The van der Waals surface area contributed by atoms with Crippen LogP contribution in [0, 0.1) is 0 Å². The quantitative estimate of drug-likeness (QED) is 0.771. The molecule has 1 aliphatic heterocycles. The van der Waals surface area contributed by atoms with Gasteiger partial charge in [0.15, 0.2) is 0 Å². The molecule has 3 heteroatoms. The van der Waals surface area contributed by atoms with Crippen molar-refractivity contribution in [1.29, 1.82) is 0 Å². The molecule has 0 atom stereocenters. The van der Waals surface area contributed by atoms with Crippen LogP contribution in [0.2, 0.25) is 0 Å². The predicted octanol–water partition coefficient (Wildman–Crippen LogP) is 2.46. The molecule has 2 rings (SSSR count). The van der Waals surface area contributed by atoms with Gasteiger partial charge in [-0.15, -0.1) is 0 Å². The van der Waals surface area contributed by atoms with Crippen molar-refractivity contribution in [1.82, 2.24) is 0 Å². The number of hydrogen-bond donors (Lipinski definition) is 0. The van der Waals surface area contributed by atoms with Gasteiger partial charge in [-0.05, 0) is 22.6 Å². The molecular weight excluding hydrogens is 228 g/mol. The Morgan fingerprint density at radius 1 is 1.33 bits per heavy atom. The van der Waals surface area contributed by atoms with Gasteiger partial charge in [-0.1, -0.05) is 32.9 Å². The molecule has 1 aromatic rings. The average molecular weight is 248 g/mol. The van der Waals surface area contributed by atoms with E-state index < -0.39 is 5.41 Å². The minimum absolute atomic E-state index is 0.0178. The van der Waals surface area contributed by atoms with E-state index in [4.69, 9.17) is 9.47 Å². The fraction of sp³-hybridized carbons (Fsp3) is 0.533. The highest BCUT2D eigenvalue weighted by molar-refractivity contribution is 5.71. The van der Waals surface area contributed by atoms with Gasteiger partial charge in [0.05, 0.1) is 25.7 Å². The summed E-state index contributed by atoms with van der Waals surface area (Å²) in [5, 5.41) is 0. The summed E-state index contributed by atoms with van der Waals surface area (Å²) in [6.45, 7) is 7.37. The van der Waals surface area contributed by atoms with E-state index in [9.17, 15) is 4.79 Å². The summed E-state index contributed by atoms with van der Waals surface area (Å²) in [5.74, 6) is 0.868. The van der Waals surface area contributed by atoms with Crippen molar-refractivity contribution in [2.75, 3.05) is 20.3 Å². The smallest absolute Gasteiger partial charge is 0.135 e. The van der Waals surface area contributed by atoms with E-state index in [0.717, 1.165) is 23.2 Å². The van der Waals surface area contributed by atoms with Gasteiger partial charge in [0, 0.05) is 0 Å². The summed E-state index contributed by atoms with van der Waals surface area (Å²) in [6.07, 6.45) is 1.00. The van der Waals surface area contributed by atoms with E-state index >= 15 is 0 Å². The van der Waals surface area contributed by atoms with Gasteiger partial charge in [0.25, 0.3) is 0 Å². The maximum atomic E-state index is 11.3. The zero-order valence-electron chi connectivity index (χ0n) is 11.4. The molecular formula is C15H20O3. The van der Waals surface area contributed by atoms with E-state index in [1.807, 2.05) is 12.1 Å². The normalized spacial score (nSPS) is 18.0. The van der Waals surface area contributed by atoms with Crippen molar-refractivity contribution in [2.24, 2.45) is 0 Å². The third-order valence-electron chi connectivity index (χ3n) is 3.53. The predicted molar refractivity (Wildman–Crippen MR) is 70.3 cm³/mol. The van der Waals surface area contributed by atoms with Gasteiger partial charge in [0.1, 0.15) is 12.0 Å². The maximum absolute atomic E-state index is 11.3. The Labute approximate surface area is 108 Å². The number of carbonyl (C=O) groups is 1. The summed E-state index contributed by atoms with van der Waals surface area (Å²) in [4.78, 5) is 11.3. The summed E-state index contributed by atoms with van der Waals surface area (Å²) < 4.78 is 10.6. The Hall–Kier alpha value is -1.35. The Bertz CT molecular complexity index is 453. The Balaban J connectivity index is 2.49. The zero-order chi connectivity index (χ0) is 13.4. The van der Waals surface area contributed by atoms with Gasteiger partial charge in [-0.3, -0.25) is 0 Å². The zero-order valence-corrected chi connectivity index (χ0v) is 11.4. The van der Waals surface area contributed by atoms with Crippen LogP contribution < -0.4 is 4.74 Å². The molecule has 3 nitrogen and oxygen atoms in total. The third kappa shape index (κ3) is 2.03. The molecule has 0 saturated carbocycles. The molecule has 1 saturated heterocycles. The first kappa shape index (κ1) is 13.1. The molecule has 0 radical (unpaired) electrons. The first-order valence-corrected chi connectivity index (χ1v) is 6.16. The van der Waals surface area contributed by atoms with Crippen LogP contribution in [-0.2, 0) is 20.4 Å². The highest BCUT2D eigenvalue weighted by atomic mass is 16.5. The van der Waals surface area contributed by atoms with E-state index in [1.54, 1.807) is 7.11 Å². The highest BCUT2D eigenvalue weighted by Gasteiger charge is 2.41. The second kappa shape index (κ2) is 4.39. The van der Waals surface area contributed by atoms with E-state index in [0.29, 0.717) is 13.2 Å². The average Bonchev–Trinajstić information content (AvgIpc) is 2.27. The SMILES string of the molecule is COc1ccc(C2(C=O)COC2)cc1C(C)(C)C. The fourth-order valence-corrected chi connectivity index (χ4v) is 2.23. The fourth-order valence-electron chi connectivity index (χ4n) is 2.23. The van der Waals surface area contributed by atoms with Crippen LogP contribution >= 0.6 is 0 Å². The molecule has 0 unspecified atom stereocenters. The van der Waals surface area contributed by atoms with E-state index in [2.05, 4.69) is 26.8 Å². The number of hydrogen-bond acceptors (Lipinski definition) is 3. The molecule has 0 bridgehead atoms. The molecule has 1 heterocycles. The van der Waals surface area contributed by atoms with Crippen molar-refractivity contribution < 1.29 is 14.3 Å². The van der Waals surface area contributed by atoms with Crippen molar-refractivity contribution in [3.63, 3.8) is 0 Å². The largest absolute Gasteiger partial charge is 0.496 e. The topological polar surface area (TPSA) is 35.5 Å². The van der Waals surface area contributed by atoms with E-state index in [-0.39, 0.29) is 5.41 Å². The van der Waals surface area contributed by atoms with Crippen molar-refractivity contribution in [3.05, 3.63) is 29.3 Å². The molecule has 98 valence electrons. The van der Waals surface area contributed by atoms with E-state index in [1.165, 1.54) is 0 Å². The van der Waals surface area contributed by atoms with Crippen LogP contribution in [0.3, 0.4) is 0 Å². The Morgan fingerprint density at radius 2 is 2.00 bits per heavy atom.